The van der Waals surface area contributed by atoms with Crippen LogP contribution in [-0.4, -0.2) is 23.5 Å². The van der Waals surface area contributed by atoms with Crippen molar-refractivity contribution >= 4 is 49.2 Å². The monoisotopic (exact) mass is 400 g/mol. The molecule has 27 heavy (non-hydrogen) atoms. The molecule has 1 aliphatic rings. The number of nitrogens with one attached hydrogen (secondary N) is 1. The third-order valence-corrected chi connectivity index (χ3v) is 7.15. The van der Waals surface area contributed by atoms with Crippen LogP contribution in [-0.2, 0) is 17.6 Å². The van der Waals surface area contributed by atoms with E-state index in [9.17, 15) is 9.59 Å². The maximum absolute atomic E-state index is 12.6. The summed E-state index contributed by atoms with van der Waals surface area (Å²) in [5, 5.41) is 3.45. The van der Waals surface area contributed by atoms with Gasteiger partial charge < -0.3 is 4.74 Å². The Bertz CT molecular complexity index is 1040. The van der Waals surface area contributed by atoms with E-state index in [0.717, 1.165) is 27.9 Å². The number of hydrogen-bond donors (Lipinski definition) is 1. The molecule has 1 aromatic carbocycles. The van der Waals surface area contributed by atoms with Crippen LogP contribution in [0.3, 0.4) is 0 Å². The normalized spacial score (nSPS) is 13.4. The molecule has 0 bridgehead atoms. The van der Waals surface area contributed by atoms with Crippen molar-refractivity contribution in [2.75, 3.05) is 11.9 Å². The molecule has 2 aromatic heterocycles. The molecule has 0 atom stereocenters. The van der Waals surface area contributed by atoms with Crippen LogP contribution in [0.15, 0.2) is 18.2 Å². The first-order valence-corrected chi connectivity index (χ1v) is 10.7. The highest BCUT2D eigenvalue weighted by molar-refractivity contribution is 7.30. The lowest BCUT2D eigenvalue weighted by Gasteiger charge is -2.16. The van der Waals surface area contributed by atoms with Gasteiger partial charge >= 0.3 is 5.97 Å². The molecule has 0 unspecified atom stereocenters. The number of rotatable bonds is 4. The number of fused-ring (bicyclic) bond motifs is 2. The largest absolute Gasteiger partial charge is 0.462 e. The summed E-state index contributed by atoms with van der Waals surface area (Å²) in [6.45, 7) is 4.02. The molecule has 0 fully saturated rings. The van der Waals surface area contributed by atoms with Crippen LogP contribution < -0.4 is 5.32 Å². The van der Waals surface area contributed by atoms with Gasteiger partial charge in [0, 0.05) is 5.56 Å². The van der Waals surface area contributed by atoms with Gasteiger partial charge in [0.15, 0.2) is 5.13 Å². The van der Waals surface area contributed by atoms with Crippen LogP contribution in [0.5, 0.6) is 0 Å². The van der Waals surface area contributed by atoms with Crippen LogP contribution in [0.1, 0.15) is 56.5 Å². The van der Waals surface area contributed by atoms with Crippen molar-refractivity contribution in [1.29, 1.82) is 0 Å². The number of esters is 1. The molecule has 140 valence electrons. The number of hydrogen-bond acceptors (Lipinski definition) is 6. The summed E-state index contributed by atoms with van der Waals surface area (Å²) in [6, 6.07) is 5.96. The minimum atomic E-state index is -0.315. The fourth-order valence-corrected chi connectivity index (χ4v) is 5.59. The molecule has 4 rings (SSSR count). The maximum Gasteiger partial charge on any atom is 0.348 e. The Labute approximate surface area is 165 Å². The number of thiazole rings is 1. The summed E-state index contributed by atoms with van der Waals surface area (Å²) in [6.07, 6.45) is 4.55. The van der Waals surface area contributed by atoms with Gasteiger partial charge in [-0.25, -0.2) is 9.78 Å². The third kappa shape index (κ3) is 3.49. The van der Waals surface area contributed by atoms with Crippen LogP contribution in [0, 0.1) is 6.92 Å². The summed E-state index contributed by atoms with van der Waals surface area (Å²) in [7, 11) is 0. The Morgan fingerprint density at radius 2 is 1.96 bits per heavy atom. The predicted molar refractivity (Wildman–Crippen MR) is 109 cm³/mol. The summed E-state index contributed by atoms with van der Waals surface area (Å²) < 4.78 is 6.00. The number of carbonyl (C=O) groups is 2. The van der Waals surface area contributed by atoms with Crippen LogP contribution >= 0.6 is 22.7 Å². The van der Waals surface area contributed by atoms with E-state index in [4.69, 9.17) is 4.74 Å². The van der Waals surface area contributed by atoms with Gasteiger partial charge in [0.2, 0.25) is 0 Å². The molecule has 0 saturated heterocycles. The summed E-state index contributed by atoms with van der Waals surface area (Å²) >= 11 is 2.70. The van der Waals surface area contributed by atoms with E-state index in [1.807, 2.05) is 19.1 Å². The van der Waals surface area contributed by atoms with E-state index in [2.05, 4.69) is 16.4 Å². The first-order valence-electron chi connectivity index (χ1n) is 9.07. The number of carbonyl (C=O) groups excluding carboxylic acids is 2. The highest BCUT2D eigenvalue weighted by Crippen LogP contribution is 2.37. The van der Waals surface area contributed by atoms with Crippen LogP contribution in [0.2, 0.25) is 0 Å². The first kappa shape index (κ1) is 18.1. The van der Waals surface area contributed by atoms with Crippen molar-refractivity contribution in [3.8, 4) is 0 Å². The molecule has 0 saturated carbocycles. The smallest absolute Gasteiger partial charge is 0.348 e. The van der Waals surface area contributed by atoms with Crippen molar-refractivity contribution in [1.82, 2.24) is 4.98 Å². The van der Waals surface area contributed by atoms with Crippen molar-refractivity contribution in [3.05, 3.63) is 45.3 Å². The second-order valence-electron chi connectivity index (χ2n) is 6.57. The highest BCUT2D eigenvalue weighted by Gasteiger charge is 2.21. The molecule has 0 aliphatic heterocycles. The Kier molecular flexibility index (Phi) is 4.97. The van der Waals surface area contributed by atoms with Gasteiger partial charge in [0.05, 0.1) is 11.3 Å². The molecular weight excluding hydrogens is 380 g/mol. The lowest BCUT2D eigenvalue weighted by Crippen LogP contribution is -2.13. The Morgan fingerprint density at radius 3 is 2.70 bits per heavy atom. The molecule has 5 nitrogen and oxygen atoms in total. The molecule has 2 heterocycles. The number of ether oxygens (including phenoxy) is 1. The van der Waals surface area contributed by atoms with Gasteiger partial charge in [-0.05, 0) is 68.4 Å². The fraction of sp³-hybridized carbons (Fsp3) is 0.350. The third-order valence-electron chi connectivity index (χ3n) is 4.77. The zero-order valence-electron chi connectivity index (χ0n) is 15.3. The van der Waals surface area contributed by atoms with E-state index >= 15 is 0 Å². The maximum atomic E-state index is 12.6. The molecule has 3 aromatic rings. The van der Waals surface area contributed by atoms with Crippen molar-refractivity contribution < 1.29 is 14.3 Å². The van der Waals surface area contributed by atoms with E-state index in [1.165, 1.54) is 46.6 Å². The number of nitrogens with zero attached hydrogens (tertiary/aromatic N) is 1. The second-order valence-corrected chi connectivity index (χ2v) is 8.57. The molecule has 1 amide bonds. The summed E-state index contributed by atoms with van der Waals surface area (Å²) in [5.74, 6) is -0.460. The summed E-state index contributed by atoms with van der Waals surface area (Å²) in [5.41, 5.74) is 4.16. The SMILES string of the molecule is CCOC(=O)c1sc2nc(NC(=O)c3ccc4c(c3)CCCC4)sc2c1C. The van der Waals surface area contributed by atoms with Gasteiger partial charge in [-0.15, -0.1) is 11.3 Å². The predicted octanol–water partition coefficient (Wildman–Crippen LogP) is 4.97. The standard InChI is InChI=1S/C20H20N2O3S2/c1-3-25-19(24)16-11(2)15-18(26-16)22-20(27-15)21-17(23)14-9-8-12-6-4-5-7-13(12)10-14/h8-10H,3-7H2,1-2H3,(H,21,22,23). The number of aromatic nitrogens is 1. The topological polar surface area (TPSA) is 68.3 Å². The quantitative estimate of drug-likeness (QED) is 0.628. The average molecular weight is 401 g/mol. The van der Waals surface area contributed by atoms with Gasteiger partial charge in [0.1, 0.15) is 9.71 Å². The van der Waals surface area contributed by atoms with Gasteiger partial charge in [-0.2, -0.15) is 0 Å². The van der Waals surface area contributed by atoms with Crippen molar-refractivity contribution in [2.45, 2.75) is 39.5 Å². The highest BCUT2D eigenvalue weighted by atomic mass is 32.1. The van der Waals surface area contributed by atoms with Gasteiger partial charge in [-0.3, -0.25) is 10.1 Å². The lowest BCUT2D eigenvalue weighted by molar-refractivity contribution is 0.0531. The second kappa shape index (κ2) is 7.40. The number of thiophene rings is 1. The number of aryl methyl sites for hydroxylation is 3. The number of amides is 1. The summed E-state index contributed by atoms with van der Waals surface area (Å²) in [4.78, 5) is 30.4. The lowest BCUT2D eigenvalue weighted by atomic mass is 9.90. The average Bonchev–Trinajstić information content (AvgIpc) is 3.20. The minimum absolute atomic E-state index is 0.145. The molecule has 1 N–H and O–H groups in total. The molecule has 7 heteroatoms. The molecule has 0 spiro atoms. The van der Waals surface area contributed by atoms with Gasteiger partial charge in [0.25, 0.3) is 5.91 Å². The minimum Gasteiger partial charge on any atom is -0.462 e. The zero-order chi connectivity index (χ0) is 19.0. The molecule has 1 aliphatic carbocycles. The molecule has 0 radical (unpaired) electrons. The van der Waals surface area contributed by atoms with Gasteiger partial charge in [-0.1, -0.05) is 17.4 Å². The van der Waals surface area contributed by atoms with E-state index < -0.39 is 0 Å². The number of anilines is 1. The number of benzene rings is 1. The fourth-order valence-electron chi connectivity index (χ4n) is 3.38. The van der Waals surface area contributed by atoms with Crippen LogP contribution in [0.25, 0.3) is 9.53 Å². The van der Waals surface area contributed by atoms with Crippen molar-refractivity contribution in [3.63, 3.8) is 0 Å². The van der Waals surface area contributed by atoms with E-state index in [1.54, 1.807) is 6.92 Å². The zero-order valence-corrected chi connectivity index (χ0v) is 16.9. The Morgan fingerprint density at radius 1 is 1.19 bits per heavy atom. The van der Waals surface area contributed by atoms with E-state index in [0.29, 0.717) is 22.2 Å². The molecular formula is C20H20N2O3S2. The Hall–Kier alpha value is -2.25. The first-order chi connectivity index (χ1) is 13.1. The van der Waals surface area contributed by atoms with Crippen molar-refractivity contribution in [2.24, 2.45) is 0 Å². The van der Waals surface area contributed by atoms with Crippen LogP contribution in [0.4, 0.5) is 5.13 Å². The Balaban J connectivity index is 1.55. The van der Waals surface area contributed by atoms with E-state index in [-0.39, 0.29) is 11.9 Å².